The fourth-order valence-electron chi connectivity index (χ4n) is 4.42. The van der Waals surface area contributed by atoms with Crippen LogP contribution in [0.4, 0.5) is 21.5 Å². The first-order valence-electron chi connectivity index (χ1n) is 12.4. The molecule has 0 atom stereocenters. The number of thiazole rings is 1. The number of rotatable bonds is 6. The fraction of sp³-hybridized carbons (Fsp3) is 0.185. The minimum atomic E-state index is -0.224. The van der Waals surface area contributed by atoms with Gasteiger partial charge in [0.25, 0.3) is 11.8 Å². The maximum Gasteiger partial charge on any atom is 0.265 e. The van der Waals surface area contributed by atoms with Gasteiger partial charge in [0, 0.05) is 38.6 Å². The first-order chi connectivity index (χ1) is 19.0. The molecule has 0 spiro atoms. The maximum atomic E-state index is 13.2. The van der Waals surface area contributed by atoms with E-state index in [0.717, 1.165) is 28.7 Å². The second-order valence-corrected chi connectivity index (χ2v) is 11.3. The fourth-order valence-corrected chi connectivity index (χ4v) is 6.12. The lowest BCUT2D eigenvalue weighted by Crippen LogP contribution is -2.47. The number of nitrogen functional groups attached to an aromatic ring is 1. The van der Waals surface area contributed by atoms with Gasteiger partial charge in [-0.2, -0.15) is 0 Å². The number of hydrogen-bond donors (Lipinski definition) is 3. The van der Waals surface area contributed by atoms with Gasteiger partial charge in [0.1, 0.15) is 5.65 Å². The third-order valence-electron chi connectivity index (χ3n) is 6.58. The van der Waals surface area contributed by atoms with E-state index >= 15 is 0 Å². The van der Waals surface area contributed by atoms with Crippen molar-refractivity contribution in [2.24, 2.45) is 0 Å². The summed E-state index contributed by atoms with van der Waals surface area (Å²) in [7, 11) is 2.07. The zero-order chi connectivity index (χ0) is 26.9. The molecule has 4 N–H and O–H groups in total. The number of fused-ring (bicyclic) bond motifs is 1. The lowest BCUT2D eigenvalue weighted by molar-refractivity contribution is 0.0665. The molecule has 0 bridgehead atoms. The van der Waals surface area contributed by atoms with Crippen LogP contribution in [-0.4, -0.2) is 69.2 Å². The summed E-state index contributed by atoms with van der Waals surface area (Å²) in [4.78, 5) is 40.6. The molecule has 0 radical (unpaired) electrons. The highest BCUT2D eigenvalue weighted by Gasteiger charge is 2.23. The highest BCUT2D eigenvalue weighted by atomic mass is 32.1. The quantitative estimate of drug-likeness (QED) is 0.263. The Balaban J connectivity index is 1.17. The number of likely N-dealkylation sites (N-methyl/N-ethyl adjacent to an activating group) is 1. The summed E-state index contributed by atoms with van der Waals surface area (Å²) < 4.78 is 1.93. The van der Waals surface area contributed by atoms with E-state index in [1.54, 1.807) is 30.6 Å². The second kappa shape index (κ2) is 10.5. The van der Waals surface area contributed by atoms with Gasteiger partial charge in [-0.25, -0.2) is 9.97 Å². The van der Waals surface area contributed by atoms with Crippen molar-refractivity contribution in [1.82, 2.24) is 24.2 Å². The van der Waals surface area contributed by atoms with Gasteiger partial charge in [0.2, 0.25) is 0 Å². The summed E-state index contributed by atoms with van der Waals surface area (Å²) in [5, 5.41) is 7.61. The third kappa shape index (κ3) is 5.09. The molecule has 1 aliphatic heterocycles. The number of hydrogen-bond acceptors (Lipinski definition) is 9. The van der Waals surface area contributed by atoms with Gasteiger partial charge in [0.05, 0.1) is 43.6 Å². The van der Waals surface area contributed by atoms with Crippen LogP contribution in [0.25, 0.3) is 16.2 Å². The average molecular weight is 559 g/mol. The third-order valence-corrected chi connectivity index (χ3v) is 8.52. The first-order valence-corrected chi connectivity index (χ1v) is 14.0. The topological polar surface area (TPSA) is 121 Å². The number of nitrogens with two attached hydrogens (primary N) is 1. The van der Waals surface area contributed by atoms with Crippen LogP contribution < -0.4 is 16.4 Å². The standard InChI is InChI=1S/C27H26N8O2S2/c1-33-11-13-34(14-12-33)26(37)17-5-4-10-35-20(15-29-24(17)35)22-16-30-27(39-22)32-23-9-8-21(38-23)25(36)31-19-7-3-2-6-18(19)28/h2-10,15-16H,11-14,28H2,1H3,(H,30,32)(H,31,36). The summed E-state index contributed by atoms with van der Waals surface area (Å²) >= 11 is 2.80. The van der Waals surface area contributed by atoms with E-state index in [2.05, 4.69) is 32.5 Å². The van der Waals surface area contributed by atoms with Gasteiger partial charge in [-0.15, -0.1) is 11.3 Å². The first kappa shape index (κ1) is 25.0. The molecule has 12 heteroatoms. The molecule has 0 aliphatic carbocycles. The maximum absolute atomic E-state index is 13.2. The number of nitrogens with zero attached hydrogens (tertiary/aromatic N) is 5. The van der Waals surface area contributed by atoms with Crippen LogP contribution in [0.3, 0.4) is 0 Å². The van der Waals surface area contributed by atoms with Gasteiger partial charge >= 0.3 is 0 Å². The molecule has 4 aromatic heterocycles. The zero-order valence-electron chi connectivity index (χ0n) is 21.1. The van der Waals surface area contributed by atoms with Gasteiger partial charge < -0.3 is 26.2 Å². The van der Waals surface area contributed by atoms with Crippen LogP contribution >= 0.6 is 22.7 Å². The van der Waals surface area contributed by atoms with E-state index in [0.29, 0.717) is 45.7 Å². The summed E-state index contributed by atoms with van der Waals surface area (Å²) in [6, 6.07) is 14.5. The molecule has 0 saturated carbocycles. The van der Waals surface area contributed by atoms with Crippen LogP contribution in [0.15, 0.2) is 67.1 Å². The number of aromatic nitrogens is 3. The number of imidazole rings is 1. The predicted octanol–water partition coefficient (Wildman–Crippen LogP) is 4.49. The van der Waals surface area contributed by atoms with Crippen LogP contribution in [0.1, 0.15) is 20.0 Å². The molecule has 5 heterocycles. The Labute approximate surface area is 232 Å². The van der Waals surface area contributed by atoms with Crippen molar-refractivity contribution in [2.75, 3.05) is 49.6 Å². The molecule has 1 aliphatic rings. The minimum absolute atomic E-state index is 0.00463. The number of amides is 2. The molecular formula is C27H26N8O2S2. The number of thiophene rings is 1. The van der Waals surface area contributed by atoms with Crippen molar-refractivity contribution in [3.05, 3.63) is 77.6 Å². The SMILES string of the molecule is CN1CCN(C(=O)c2cccn3c(-c4cnc(Nc5ccc(C(=O)Nc6ccccc6N)s5)s4)cnc23)CC1. The molecule has 0 unspecified atom stereocenters. The predicted molar refractivity (Wildman–Crippen MR) is 156 cm³/mol. The van der Waals surface area contributed by atoms with E-state index in [-0.39, 0.29) is 11.8 Å². The number of benzene rings is 1. The van der Waals surface area contributed by atoms with E-state index in [4.69, 9.17) is 5.73 Å². The Morgan fingerprint density at radius 2 is 1.77 bits per heavy atom. The monoisotopic (exact) mass is 558 g/mol. The number of nitrogens with one attached hydrogen (secondary N) is 2. The van der Waals surface area contributed by atoms with Crippen LogP contribution in [0, 0.1) is 0 Å². The number of para-hydroxylation sites is 2. The van der Waals surface area contributed by atoms with E-state index in [1.807, 2.05) is 45.8 Å². The van der Waals surface area contributed by atoms with E-state index in [9.17, 15) is 9.59 Å². The number of carbonyl (C=O) groups is 2. The van der Waals surface area contributed by atoms with E-state index < -0.39 is 0 Å². The van der Waals surface area contributed by atoms with Crippen molar-refractivity contribution in [2.45, 2.75) is 0 Å². The van der Waals surface area contributed by atoms with Crippen molar-refractivity contribution in [3.63, 3.8) is 0 Å². The Bertz CT molecular complexity index is 1670. The number of pyridine rings is 1. The molecule has 6 rings (SSSR count). The largest absolute Gasteiger partial charge is 0.397 e. The Kier molecular flexibility index (Phi) is 6.73. The Hall–Kier alpha value is -4.26. The summed E-state index contributed by atoms with van der Waals surface area (Å²) in [5.74, 6) is -0.219. The number of carbonyl (C=O) groups excluding carboxylic acids is 2. The highest BCUT2D eigenvalue weighted by molar-refractivity contribution is 7.20. The average Bonchev–Trinajstić information content (AvgIpc) is 3.70. The lowest BCUT2D eigenvalue weighted by Gasteiger charge is -2.32. The van der Waals surface area contributed by atoms with Crippen molar-refractivity contribution >= 4 is 61.6 Å². The summed E-state index contributed by atoms with van der Waals surface area (Å²) in [6.07, 6.45) is 5.47. The number of piperazine rings is 1. The van der Waals surface area contributed by atoms with Crippen molar-refractivity contribution in [3.8, 4) is 10.6 Å². The van der Waals surface area contributed by atoms with Crippen molar-refractivity contribution < 1.29 is 9.59 Å². The molecule has 1 saturated heterocycles. The normalized spacial score (nSPS) is 14.0. The summed E-state index contributed by atoms with van der Waals surface area (Å²) in [6.45, 7) is 3.15. The molecular weight excluding hydrogens is 532 g/mol. The molecule has 1 fully saturated rings. The lowest BCUT2D eigenvalue weighted by atomic mass is 10.2. The Morgan fingerprint density at radius 1 is 0.949 bits per heavy atom. The van der Waals surface area contributed by atoms with E-state index in [1.165, 1.54) is 22.7 Å². The minimum Gasteiger partial charge on any atom is -0.397 e. The zero-order valence-corrected chi connectivity index (χ0v) is 22.8. The van der Waals surface area contributed by atoms with Crippen LogP contribution in [-0.2, 0) is 0 Å². The highest BCUT2D eigenvalue weighted by Crippen LogP contribution is 2.34. The van der Waals surface area contributed by atoms with Gasteiger partial charge in [0.15, 0.2) is 5.13 Å². The van der Waals surface area contributed by atoms with Gasteiger partial charge in [-0.3, -0.25) is 14.0 Å². The second-order valence-electron chi connectivity index (χ2n) is 9.21. The molecule has 39 heavy (non-hydrogen) atoms. The van der Waals surface area contributed by atoms with Crippen molar-refractivity contribution in [1.29, 1.82) is 0 Å². The number of anilines is 4. The Morgan fingerprint density at radius 3 is 2.59 bits per heavy atom. The summed E-state index contributed by atoms with van der Waals surface area (Å²) in [5.41, 5.74) is 9.11. The van der Waals surface area contributed by atoms with Gasteiger partial charge in [-0.1, -0.05) is 23.5 Å². The van der Waals surface area contributed by atoms with Crippen LogP contribution in [0.5, 0.6) is 0 Å². The molecule has 1 aromatic carbocycles. The van der Waals surface area contributed by atoms with Gasteiger partial charge in [-0.05, 0) is 43.4 Å². The van der Waals surface area contributed by atoms with Crippen LogP contribution in [0.2, 0.25) is 0 Å². The smallest absolute Gasteiger partial charge is 0.265 e. The molecule has 198 valence electrons. The molecule has 10 nitrogen and oxygen atoms in total. The molecule has 5 aromatic rings. The molecule has 2 amide bonds.